The van der Waals surface area contributed by atoms with E-state index in [1.807, 2.05) is 37.4 Å². The first-order valence-electron chi connectivity index (χ1n) is 12.5. The number of fused-ring (bicyclic) bond motifs is 2. The normalized spacial score (nSPS) is 14.9. The largest absolute Gasteiger partial charge is 0.382 e. The number of hydrogen-bond acceptors (Lipinski definition) is 7. The average Bonchev–Trinajstić information content (AvgIpc) is 3.59. The molecule has 3 aromatic carbocycles. The van der Waals surface area contributed by atoms with E-state index < -0.39 is 6.04 Å². The van der Waals surface area contributed by atoms with E-state index in [-0.39, 0.29) is 11.8 Å². The molecule has 1 aliphatic heterocycles. The van der Waals surface area contributed by atoms with Gasteiger partial charge in [0.15, 0.2) is 5.82 Å². The predicted molar refractivity (Wildman–Crippen MR) is 152 cm³/mol. The molecule has 0 radical (unpaired) electrons. The minimum absolute atomic E-state index is 0.316. The van der Waals surface area contributed by atoms with Gasteiger partial charge in [0.2, 0.25) is 5.91 Å². The second kappa shape index (κ2) is 10.3. The van der Waals surface area contributed by atoms with Crippen molar-refractivity contribution in [2.45, 2.75) is 12.5 Å². The van der Waals surface area contributed by atoms with Crippen LogP contribution in [0.15, 0.2) is 73.1 Å². The van der Waals surface area contributed by atoms with Crippen molar-refractivity contribution in [3.63, 3.8) is 0 Å². The van der Waals surface area contributed by atoms with Crippen molar-refractivity contribution in [2.24, 2.45) is 7.05 Å². The van der Waals surface area contributed by atoms with Crippen LogP contribution in [-0.2, 0) is 23.1 Å². The Morgan fingerprint density at radius 1 is 1.12 bits per heavy atom. The van der Waals surface area contributed by atoms with Crippen molar-refractivity contribution in [2.75, 3.05) is 17.6 Å². The molecular formula is C28H24ClN9O2. The lowest BCUT2D eigenvalue weighted by Gasteiger charge is -2.35. The number of aromatic nitrogens is 6. The lowest BCUT2D eigenvalue weighted by Crippen LogP contribution is -2.44. The van der Waals surface area contributed by atoms with Crippen molar-refractivity contribution < 1.29 is 9.59 Å². The monoisotopic (exact) mass is 553 g/mol. The Labute approximate surface area is 233 Å². The number of rotatable bonds is 5. The van der Waals surface area contributed by atoms with Gasteiger partial charge in [-0.3, -0.25) is 14.3 Å². The molecule has 1 atom stereocenters. The number of aryl methyl sites for hydroxylation is 1. The first-order chi connectivity index (χ1) is 19.4. The molecular weight excluding hydrogens is 530 g/mol. The third kappa shape index (κ3) is 4.67. The Hall–Kier alpha value is -5.03. The summed E-state index contributed by atoms with van der Waals surface area (Å²) in [5.74, 6) is -0.266. The zero-order valence-corrected chi connectivity index (χ0v) is 22.2. The van der Waals surface area contributed by atoms with Gasteiger partial charge in [-0.15, -0.1) is 5.10 Å². The Balaban J connectivity index is 1.31. The number of carbonyl (C=O) groups excluding carboxylic acids is 2. The van der Waals surface area contributed by atoms with Crippen molar-refractivity contribution in [1.82, 2.24) is 34.9 Å². The Morgan fingerprint density at radius 2 is 1.98 bits per heavy atom. The van der Waals surface area contributed by atoms with Crippen LogP contribution in [0, 0.1) is 0 Å². The summed E-state index contributed by atoms with van der Waals surface area (Å²) in [5.41, 5.74) is 10.6. The maximum absolute atomic E-state index is 13.8. The van der Waals surface area contributed by atoms with Crippen LogP contribution in [-0.4, -0.2) is 53.2 Å². The van der Waals surface area contributed by atoms with E-state index in [4.69, 9.17) is 17.3 Å². The number of nitrogen functional groups attached to an aromatic ring is 1. The molecule has 0 bridgehead atoms. The van der Waals surface area contributed by atoms with Gasteiger partial charge < -0.3 is 16.0 Å². The molecule has 11 nitrogen and oxygen atoms in total. The fraction of sp³-hybridized carbons (Fsp3) is 0.143. The molecule has 0 spiro atoms. The van der Waals surface area contributed by atoms with E-state index in [1.165, 1.54) is 17.1 Å². The van der Waals surface area contributed by atoms with Gasteiger partial charge in [0.1, 0.15) is 12.4 Å². The fourth-order valence-corrected chi connectivity index (χ4v) is 5.24. The van der Waals surface area contributed by atoms with Crippen LogP contribution in [0.4, 0.5) is 11.5 Å². The molecule has 0 saturated carbocycles. The molecule has 0 aliphatic carbocycles. The molecule has 200 valence electrons. The summed E-state index contributed by atoms with van der Waals surface area (Å²) < 4.78 is 3.17. The smallest absolute Gasteiger partial charge is 0.251 e. The summed E-state index contributed by atoms with van der Waals surface area (Å²) in [6.07, 6.45) is 5.18. The molecule has 12 heteroatoms. The van der Waals surface area contributed by atoms with Crippen LogP contribution < -0.4 is 11.1 Å². The summed E-state index contributed by atoms with van der Waals surface area (Å²) in [4.78, 5) is 29.0. The summed E-state index contributed by atoms with van der Waals surface area (Å²) in [7, 11) is 1.81. The lowest BCUT2D eigenvalue weighted by molar-refractivity contribution is -0.135. The molecule has 40 heavy (non-hydrogen) atoms. The first kappa shape index (κ1) is 25.3. The molecule has 3 heterocycles. The maximum Gasteiger partial charge on any atom is 0.251 e. The number of nitrogens with zero attached hydrogens (tertiary/aromatic N) is 7. The molecule has 3 N–H and O–H groups in total. The number of nitrogens with two attached hydrogens (primary N) is 1. The van der Waals surface area contributed by atoms with Gasteiger partial charge in [-0.2, -0.15) is 9.78 Å². The minimum Gasteiger partial charge on any atom is -0.382 e. The quantitative estimate of drug-likeness (QED) is 0.317. The number of halogens is 1. The molecule has 1 aliphatic rings. The Morgan fingerprint density at radius 3 is 2.80 bits per heavy atom. The number of carbonyl (C=O) groups is 2. The van der Waals surface area contributed by atoms with Crippen LogP contribution in [0.5, 0.6) is 0 Å². The second-order valence-corrected chi connectivity index (χ2v) is 9.84. The summed E-state index contributed by atoms with van der Waals surface area (Å²) in [6, 6.07) is 17.5. The van der Waals surface area contributed by atoms with E-state index in [0.29, 0.717) is 40.7 Å². The average molecular weight is 554 g/mol. The number of anilines is 2. The maximum atomic E-state index is 13.8. The summed E-state index contributed by atoms with van der Waals surface area (Å²) >= 11 is 6.23. The van der Waals surface area contributed by atoms with Gasteiger partial charge in [-0.05, 0) is 70.4 Å². The van der Waals surface area contributed by atoms with Gasteiger partial charge in [-0.1, -0.05) is 35.9 Å². The number of hydrogen-bond donors (Lipinski definition) is 2. The summed E-state index contributed by atoms with van der Waals surface area (Å²) in [5, 5.41) is 19.8. The van der Waals surface area contributed by atoms with Crippen molar-refractivity contribution in [3.05, 3.63) is 94.8 Å². The van der Waals surface area contributed by atoms with Crippen LogP contribution in [0.1, 0.15) is 22.7 Å². The number of benzene rings is 3. The van der Waals surface area contributed by atoms with Crippen LogP contribution >= 0.6 is 11.6 Å². The van der Waals surface area contributed by atoms with Gasteiger partial charge in [0.05, 0.1) is 11.2 Å². The highest BCUT2D eigenvalue weighted by molar-refractivity contribution is 6.30. The van der Waals surface area contributed by atoms with Crippen LogP contribution in [0.2, 0.25) is 5.02 Å². The fourth-order valence-electron chi connectivity index (χ4n) is 5.06. The van der Waals surface area contributed by atoms with Gasteiger partial charge >= 0.3 is 0 Å². The number of tetrazole rings is 1. The predicted octanol–water partition coefficient (Wildman–Crippen LogP) is 3.56. The SMILES string of the molecule is Cn1nc(N)c2cc(NC(=O)[C@@H]3c4ccccc4CCN3C(=O)C=Cc3cc(Cl)ccc3-n3cnnn3)ccc21. The summed E-state index contributed by atoms with van der Waals surface area (Å²) in [6.45, 7) is 0.377. The second-order valence-electron chi connectivity index (χ2n) is 9.40. The van der Waals surface area contributed by atoms with E-state index in [1.54, 1.807) is 46.0 Å². The topological polar surface area (TPSA) is 137 Å². The Kier molecular flexibility index (Phi) is 6.48. The zero-order valence-electron chi connectivity index (χ0n) is 21.4. The molecule has 0 saturated heterocycles. The standard InChI is InChI=1S/C28H24ClN9O2/c1-36-24-10-8-20(15-22(24)27(30)33-36)32-28(40)26-21-5-3-2-4-17(21)12-13-37(26)25(39)11-6-18-14-19(29)7-9-23(18)38-16-31-34-35-38/h2-11,14-16,26H,12-13H2,1H3,(H2,30,33)(H,32,40)/t26-/m0/s1. The number of nitrogens with one attached hydrogen (secondary N) is 1. The van der Waals surface area contributed by atoms with Crippen molar-refractivity contribution >= 4 is 51.9 Å². The van der Waals surface area contributed by atoms with E-state index in [0.717, 1.165) is 22.0 Å². The highest BCUT2D eigenvalue weighted by Crippen LogP contribution is 2.32. The highest BCUT2D eigenvalue weighted by Gasteiger charge is 2.35. The molecule has 2 amide bonds. The molecule has 0 fully saturated rings. The van der Waals surface area contributed by atoms with Gasteiger partial charge in [0, 0.05) is 41.3 Å². The molecule has 2 aromatic heterocycles. The van der Waals surface area contributed by atoms with Crippen LogP contribution in [0.3, 0.4) is 0 Å². The first-order valence-corrected chi connectivity index (χ1v) is 12.9. The zero-order chi connectivity index (χ0) is 27.8. The van der Waals surface area contributed by atoms with E-state index in [2.05, 4.69) is 25.9 Å². The van der Waals surface area contributed by atoms with E-state index in [9.17, 15) is 9.59 Å². The highest BCUT2D eigenvalue weighted by atomic mass is 35.5. The van der Waals surface area contributed by atoms with Crippen molar-refractivity contribution in [1.29, 1.82) is 0 Å². The van der Waals surface area contributed by atoms with Crippen LogP contribution in [0.25, 0.3) is 22.7 Å². The third-order valence-corrected chi connectivity index (χ3v) is 7.19. The molecule has 0 unspecified atom stereocenters. The Bertz CT molecular complexity index is 1780. The van der Waals surface area contributed by atoms with Crippen molar-refractivity contribution in [3.8, 4) is 5.69 Å². The minimum atomic E-state index is -0.831. The molecule has 5 aromatic rings. The third-order valence-electron chi connectivity index (χ3n) is 6.95. The lowest BCUT2D eigenvalue weighted by atomic mass is 9.91. The molecule has 6 rings (SSSR count). The van der Waals surface area contributed by atoms with Gasteiger partial charge in [0.25, 0.3) is 5.91 Å². The number of amides is 2. The van der Waals surface area contributed by atoms with Gasteiger partial charge in [-0.25, -0.2) is 0 Å². The van der Waals surface area contributed by atoms with E-state index >= 15 is 0 Å².